The van der Waals surface area contributed by atoms with Crippen molar-refractivity contribution in [3.63, 3.8) is 0 Å². The number of ether oxygens (including phenoxy) is 2. The van der Waals surface area contributed by atoms with Crippen molar-refractivity contribution in [3.8, 4) is 5.75 Å². The lowest BCUT2D eigenvalue weighted by Gasteiger charge is -2.25. The van der Waals surface area contributed by atoms with Gasteiger partial charge in [0, 0.05) is 24.9 Å². The highest BCUT2D eigenvalue weighted by Crippen LogP contribution is 2.23. The molecule has 94 valence electrons. The van der Waals surface area contributed by atoms with E-state index in [0.717, 1.165) is 31.8 Å². The van der Waals surface area contributed by atoms with Crippen LogP contribution in [0.5, 0.6) is 5.75 Å². The van der Waals surface area contributed by atoms with Crippen LogP contribution in [0.3, 0.4) is 0 Å². The van der Waals surface area contributed by atoms with Gasteiger partial charge in [0.05, 0.1) is 6.61 Å². The van der Waals surface area contributed by atoms with Crippen LogP contribution in [-0.2, 0) is 4.74 Å². The highest BCUT2D eigenvalue weighted by atomic mass is 16.5. The predicted octanol–water partition coefficient (Wildman–Crippen LogP) is 2.98. The Kier molecular flexibility index (Phi) is 4.26. The molecule has 1 N–H and O–H groups in total. The van der Waals surface area contributed by atoms with Gasteiger partial charge in [-0.2, -0.15) is 0 Å². The molecule has 17 heavy (non-hydrogen) atoms. The Morgan fingerprint density at radius 2 is 2.12 bits per heavy atom. The van der Waals surface area contributed by atoms with Crippen LogP contribution in [0.15, 0.2) is 18.2 Å². The highest BCUT2D eigenvalue weighted by molar-refractivity contribution is 5.54. The Labute approximate surface area is 103 Å². The lowest BCUT2D eigenvalue weighted by Crippen LogP contribution is -2.28. The van der Waals surface area contributed by atoms with Gasteiger partial charge in [0.15, 0.2) is 0 Å². The minimum absolute atomic E-state index is 0.542. The van der Waals surface area contributed by atoms with Crippen molar-refractivity contribution in [1.29, 1.82) is 0 Å². The van der Waals surface area contributed by atoms with Crippen molar-refractivity contribution in [2.45, 2.75) is 32.7 Å². The van der Waals surface area contributed by atoms with Crippen molar-refractivity contribution in [2.24, 2.45) is 0 Å². The van der Waals surface area contributed by atoms with Gasteiger partial charge in [0.1, 0.15) is 5.75 Å². The minimum Gasteiger partial charge on any atom is -0.494 e. The van der Waals surface area contributed by atoms with Gasteiger partial charge in [-0.3, -0.25) is 0 Å². The summed E-state index contributed by atoms with van der Waals surface area (Å²) in [4.78, 5) is 0. The Morgan fingerprint density at radius 3 is 2.76 bits per heavy atom. The molecule has 0 spiro atoms. The number of benzene rings is 1. The van der Waals surface area contributed by atoms with Crippen LogP contribution in [0.1, 0.15) is 25.3 Å². The molecule has 1 aliphatic heterocycles. The SMILES string of the molecule is CCOc1ccc(NC2CCOCC2)c(C)c1. The summed E-state index contributed by atoms with van der Waals surface area (Å²) in [6, 6.07) is 6.76. The summed E-state index contributed by atoms with van der Waals surface area (Å²) >= 11 is 0. The van der Waals surface area contributed by atoms with Crippen molar-refractivity contribution >= 4 is 5.69 Å². The first-order valence-corrected chi connectivity index (χ1v) is 6.37. The standard InChI is InChI=1S/C14H21NO2/c1-3-17-13-4-5-14(11(2)10-13)15-12-6-8-16-9-7-12/h4-5,10,12,15H,3,6-9H2,1-2H3. The normalized spacial score (nSPS) is 16.8. The number of hydrogen-bond donors (Lipinski definition) is 1. The van der Waals surface area contributed by atoms with Gasteiger partial charge in [-0.1, -0.05) is 0 Å². The van der Waals surface area contributed by atoms with E-state index in [-0.39, 0.29) is 0 Å². The Hall–Kier alpha value is -1.22. The second-order valence-electron chi connectivity index (χ2n) is 4.44. The van der Waals surface area contributed by atoms with Crippen LogP contribution >= 0.6 is 0 Å². The monoisotopic (exact) mass is 235 g/mol. The fourth-order valence-corrected chi connectivity index (χ4v) is 2.12. The van der Waals surface area contributed by atoms with Crippen LogP contribution in [0.2, 0.25) is 0 Å². The van der Waals surface area contributed by atoms with Crippen molar-refractivity contribution in [3.05, 3.63) is 23.8 Å². The van der Waals surface area contributed by atoms with Crippen LogP contribution in [0.4, 0.5) is 5.69 Å². The summed E-state index contributed by atoms with van der Waals surface area (Å²) in [6.45, 7) is 6.57. The van der Waals surface area contributed by atoms with Gasteiger partial charge in [-0.25, -0.2) is 0 Å². The van der Waals surface area contributed by atoms with Crippen molar-refractivity contribution < 1.29 is 9.47 Å². The zero-order chi connectivity index (χ0) is 12.1. The third-order valence-electron chi connectivity index (χ3n) is 3.09. The maximum Gasteiger partial charge on any atom is 0.119 e. The maximum atomic E-state index is 5.48. The Bertz CT molecular complexity index is 359. The third kappa shape index (κ3) is 3.37. The zero-order valence-corrected chi connectivity index (χ0v) is 10.7. The highest BCUT2D eigenvalue weighted by Gasteiger charge is 2.14. The first kappa shape index (κ1) is 12.2. The second kappa shape index (κ2) is 5.92. The predicted molar refractivity (Wildman–Crippen MR) is 69.8 cm³/mol. The second-order valence-corrected chi connectivity index (χ2v) is 4.44. The number of aryl methyl sites for hydroxylation is 1. The quantitative estimate of drug-likeness (QED) is 0.870. The number of nitrogens with one attached hydrogen (secondary N) is 1. The molecular formula is C14H21NO2. The fraction of sp³-hybridized carbons (Fsp3) is 0.571. The molecule has 1 heterocycles. The van der Waals surface area contributed by atoms with Crippen molar-refractivity contribution in [2.75, 3.05) is 25.1 Å². The minimum atomic E-state index is 0.542. The maximum absolute atomic E-state index is 5.48. The molecule has 1 aliphatic rings. The number of anilines is 1. The molecule has 0 bridgehead atoms. The van der Waals surface area contributed by atoms with E-state index in [4.69, 9.17) is 9.47 Å². The largest absolute Gasteiger partial charge is 0.494 e. The molecule has 2 rings (SSSR count). The molecule has 3 heteroatoms. The van der Waals surface area contributed by atoms with Crippen LogP contribution < -0.4 is 10.1 Å². The van der Waals surface area contributed by atoms with E-state index < -0.39 is 0 Å². The van der Waals surface area contributed by atoms with Crippen LogP contribution in [0.25, 0.3) is 0 Å². The molecule has 1 saturated heterocycles. The summed E-state index contributed by atoms with van der Waals surface area (Å²) in [5.74, 6) is 0.947. The summed E-state index contributed by atoms with van der Waals surface area (Å²) in [5, 5.41) is 3.58. The molecule has 0 aliphatic carbocycles. The van der Waals surface area contributed by atoms with Gasteiger partial charge in [-0.15, -0.1) is 0 Å². The first-order valence-electron chi connectivity index (χ1n) is 6.37. The van der Waals surface area contributed by atoms with Crippen molar-refractivity contribution in [1.82, 2.24) is 0 Å². The summed E-state index contributed by atoms with van der Waals surface area (Å²) < 4.78 is 10.8. The number of rotatable bonds is 4. The van der Waals surface area contributed by atoms with E-state index in [0.29, 0.717) is 12.6 Å². The van der Waals surface area contributed by atoms with E-state index in [9.17, 15) is 0 Å². The van der Waals surface area contributed by atoms with E-state index in [1.807, 2.05) is 13.0 Å². The van der Waals surface area contributed by atoms with E-state index >= 15 is 0 Å². The topological polar surface area (TPSA) is 30.5 Å². The first-order chi connectivity index (χ1) is 8.29. The third-order valence-corrected chi connectivity index (χ3v) is 3.09. The van der Waals surface area contributed by atoms with E-state index in [1.165, 1.54) is 11.3 Å². The average molecular weight is 235 g/mol. The smallest absolute Gasteiger partial charge is 0.119 e. The summed E-state index contributed by atoms with van der Waals surface area (Å²) in [5.41, 5.74) is 2.45. The van der Waals surface area contributed by atoms with E-state index in [2.05, 4.69) is 24.4 Å². The van der Waals surface area contributed by atoms with Gasteiger partial charge in [-0.05, 0) is 50.5 Å². The molecule has 1 aromatic carbocycles. The zero-order valence-electron chi connectivity index (χ0n) is 10.7. The van der Waals surface area contributed by atoms with Gasteiger partial charge < -0.3 is 14.8 Å². The summed E-state index contributed by atoms with van der Waals surface area (Å²) in [6.07, 6.45) is 2.18. The molecule has 0 unspecified atom stereocenters. The van der Waals surface area contributed by atoms with Gasteiger partial charge in [0.25, 0.3) is 0 Å². The molecular weight excluding hydrogens is 214 g/mol. The molecule has 0 saturated carbocycles. The lowest BCUT2D eigenvalue weighted by molar-refractivity contribution is 0.0904. The molecule has 1 fully saturated rings. The van der Waals surface area contributed by atoms with Gasteiger partial charge >= 0.3 is 0 Å². The lowest BCUT2D eigenvalue weighted by atomic mass is 10.1. The Morgan fingerprint density at radius 1 is 1.35 bits per heavy atom. The molecule has 0 amide bonds. The van der Waals surface area contributed by atoms with Crippen LogP contribution in [0, 0.1) is 6.92 Å². The molecule has 0 aromatic heterocycles. The fourth-order valence-electron chi connectivity index (χ4n) is 2.12. The molecule has 3 nitrogen and oxygen atoms in total. The van der Waals surface area contributed by atoms with E-state index in [1.54, 1.807) is 0 Å². The van der Waals surface area contributed by atoms with Gasteiger partial charge in [0.2, 0.25) is 0 Å². The number of hydrogen-bond acceptors (Lipinski definition) is 3. The Balaban J connectivity index is 2.00. The van der Waals surface area contributed by atoms with Crippen LogP contribution in [-0.4, -0.2) is 25.9 Å². The molecule has 1 aromatic rings. The summed E-state index contributed by atoms with van der Waals surface area (Å²) in [7, 11) is 0. The average Bonchev–Trinajstić information content (AvgIpc) is 2.34. The molecule has 0 atom stereocenters. The molecule has 0 radical (unpaired) electrons.